The van der Waals surface area contributed by atoms with Gasteiger partial charge in [-0.15, -0.1) is 0 Å². The fraction of sp³-hybridized carbons (Fsp3) is 0.400. The summed E-state index contributed by atoms with van der Waals surface area (Å²) in [5, 5.41) is 14.4. The molecule has 0 spiro atoms. The lowest BCUT2D eigenvalue weighted by molar-refractivity contribution is -0.121. The number of benzene rings is 1. The molecule has 0 saturated carbocycles. The first-order valence-electron chi connectivity index (χ1n) is 11.2. The van der Waals surface area contributed by atoms with Gasteiger partial charge in [-0.2, -0.15) is 0 Å². The molecule has 176 valence electrons. The van der Waals surface area contributed by atoms with Gasteiger partial charge in [0.15, 0.2) is 5.78 Å². The summed E-state index contributed by atoms with van der Waals surface area (Å²) in [6.07, 6.45) is 6.53. The lowest BCUT2D eigenvalue weighted by Crippen LogP contribution is -2.25. The first-order chi connectivity index (χ1) is 15.8. The number of aryl methyl sites for hydroxylation is 1. The molecular formula is C25H30FN3O4. The molecule has 0 saturated heterocycles. The van der Waals surface area contributed by atoms with Crippen molar-refractivity contribution >= 4 is 34.9 Å². The summed E-state index contributed by atoms with van der Waals surface area (Å²) in [5.74, 6) is -1.04. The second-order valence-electron chi connectivity index (χ2n) is 8.34. The Morgan fingerprint density at radius 3 is 2.61 bits per heavy atom. The van der Waals surface area contributed by atoms with Gasteiger partial charge in [0.1, 0.15) is 12.4 Å². The number of aromatic amines is 1. The number of aliphatic hydroxyl groups is 1. The molecule has 0 atom stereocenters. The van der Waals surface area contributed by atoms with Gasteiger partial charge in [0.25, 0.3) is 11.8 Å². The first kappa shape index (κ1) is 24.4. The minimum Gasteiger partial charge on any atom is -0.389 e. The second kappa shape index (κ2) is 11.0. The van der Waals surface area contributed by atoms with Crippen molar-refractivity contribution in [3.05, 3.63) is 52.1 Å². The van der Waals surface area contributed by atoms with Gasteiger partial charge < -0.3 is 20.7 Å². The highest BCUT2D eigenvalue weighted by Gasteiger charge is 2.26. The van der Waals surface area contributed by atoms with Crippen molar-refractivity contribution in [2.75, 3.05) is 18.5 Å². The number of rotatable bonds is 11. The molecule has 0 fully saturated rings. The van der Waals surface area contributed by atoms with E-state index in [1.54, 1.807) is 13.0 Å². The monoisotopic (exact) mass is 455 g/mol. The number of Topliss-reactive ketones (excluding diaryl/α,β-unsaturated/α-hetero) is 1. The van der Waals surface area contributed by atoms with Gasteiger partial charge in [-0.05, 0) is 56.5 Å². The number of aliphatic hydroxyl groups excluding tert-OH is 1. The predicted molar refractivity (Wildman–Crippen MR) is 125 cm³/mol. The molecule has 2 amide bonds. The van der Waals surface area contributed by atoms with Gasteiger partial charge in [-0.3, -0.25) is 14.4 Å². The van der Waals surface area contributed by atoms with Crippen LogP contribution in [0.3, 0.4) is 0 Å². The Labute approximate surface area is 192 Å². The molecule has 1 aromatic heterocycles. The molecule has 0 aliphatic carbocycles. The van der Waals surface area contributed by atoms with Crippen molar-refractivity contribution in [3.8, 4) is 0 Å². The summed E-state index contributed by atoms with van der Waals surface area (Å²) in [6, 6.07) is 4.15. The Morgan fingerprint density at radius 1 is 1.12 bits per heavy atom. The quantitative estimate of drug-likeness (QED) is 0.304. The number of H-pyrrole nitrogens is 1. The first-order valence-corrected chi connectivity index (χ1v) is 11.2. The third kappa shape index (κ3) is 5.96. The minimum absolute atomic E-state index is 0.126. The molecule has 8 heteroatoms. The summed E-state index contributed by atoms with van der Waals surface area (Å²) in [5.41, 5.74) is 4.01. The number of unbranched alkanes of at least 4 members (excludes halogenated alkanes) is 4. The summed E-state index contributed by atoms with van der Waals surface area (Å²) >= 11 is 0. The van der Waals surface area contributed by atoms with Crippen LogP contribution >= 0.6 is 0 Å². The third-order valence-corrected chi connectivity index (χ3v) is 5.85. The van der Waals surface area contributed by atoms with Crippen LogP contribution in [0.25, 0.3) is 11.6 Å². The molecule has 33 heavy (non-hydrogen) atoms. The molecule has 1 aliphatic heterocycles. The number of fused-ring (bicyclic) bond motifs is 1. The van der Waals surface area contributed by atoms with Gasteiger partial charge in [0.2, 0.25) is 0 Å². The van der Waals surface area contributed by atoms with Crippen LogP contribution in [0, 0.1) is 19.7 Å². The largest absolute Gasteiger partial charge is 0.389 e. The zero-order valence-electron chi connectivity index (χ0n) is 19.0. The van der Waals surface area contributed by atoms with Crippen LogP contribution in [0.2, 0.25) is 0 Å². The Morgan fingerprint density at radius 2 is 1.85 bits per heavy atom. The van der Waals surface area contributed by atoms with E-state index < -0.39 is 5.82 Å². The van der Waals surface area contributed by atoms with E-state index in [4.69, 9.17) is 5.11 Å². The fourth-order valence-corrected chi connectivity index (χ4v) is 4.05. The van der Waals surface area contributed by atoms with E-state index in [0.717, 1.165) is 37.7 Å². The second-order valence-corrected chi connectivity index (χ2v) is 8.34. The van der Waals surface area contributed by atoms with Gasteiger partial charge in [-0.1, -0.05) is 19.3 Å². The van der Waals surface area contributed by atoms with E-state index >= 15 is 0 Å². The maximum atomic E-state index is 13.7. The lowest BCUT2D eigenvalue weighted by atomic mass is 10.0. The van der Waals surface area contributed by atoms with Crippen molar-refractivity contribution in [1.29, 1.82) is 0 Å². The highest BCUT2D eigenvalue weighted by Crippen LogP contribution is 2.34. The van der Waals surface area contributed by atoms with Crippen LogP contribution in [-0.2, 0) is 9.59 Å². The molecule has 1 aliphatic rings. The van der Waals surface area contributed by atoms with Crippen LogP contribution in [0.5, 0.6) is 0 Å². The van der Waals surface area contributed by atoms with Crippen LogP contribution in [0.4, 0.5) is 10.1 Å². The number of anilines is 1. The predicted octanol–water partition coefficient (Wildman–Crippen LogP) is 3.90. The van der Waals surface area contributed by atoms with Crippen LogP contribution in [-0.4, -0.2) is 40.8 Å². The maximum Gasteiger partial charge on any atom is 0.256 e. The number of aromatic nitrogens is 1. The number of hydrogen-bond acceptors (Lipinski definition) is 4. The molecular weight excluding hydrogens is 425 g/mol. The number of carbonyl (C=O) groups is 3. The van der Waals surface area contributed by atoms with Gasteiger partial charge in [0, 0.05) is 35.6 Å². The average Bonchev–Trinajstić information content (AvgIpc) is 3.24. The Hall–Kier alpha value is -3.26. The topological polar surface area (TPSA) is 111 Å². The van der Waals surface area contributed by atoms with E-state index in [2.05, 4.69) is 15.6 Å². The van der Waals surface area contributed by atoms with Crippen LogP contribution in [0.15, 0.2) is 18.2 Å². The smallest absolute Gasteiger partial charge is 0.256 e. The summed E-state index contributed by atoms with van der Waals surface area (Å²) < 4.78 is 13.7. The molecule has 0 bridgehead atoms. The highest BCUT2D eigenvalue weighted by atomic mass is 19.1. The number of carbonyl (C=O) groups excluding carboxylic acids is 3. The van der Waals surface area contributed by atoms with E-state index in [9.17, 15) is 18.8 Å². The molecule has 2 aromatic rings. The van der Waals surface area contributed by atoms with Gasteiger partial charge in [-0.25, -0.2) is 4.39 Å². The Kier molecular flexibility index (Phi) is 8.16. The molecule has 0 radical (unpaired) electrons. The number of hydrogen-bond donors (Lipinski definition) is 4. The standard InChI is InChI=1S/C25H30FN3O4/c1-15-22(13-20-19-12-17(26)9-10-21(19)29-24(20)32)28-16(2)23(15)25(33)27-11-7-5-3-4-6-8-18(31)14-30/h9-10,12-13,28,30H,3-8,11,14H2,1-2H3,(H,27,33)(H,29,32)/b20-13-. The van der Waals surface area contributed by atoms with E-state index in [0.29, 0.717) is 46.7 Å². The van der Waals surface area contributed by atoms with E-state index in [1.807, 2.05) is 6.92 Å². The number of amides is 2. The van der Waals surface area contributed by atoms with Gasteiger partial charge >= 0.3 is 0 Å². The fourth-order valence-electron chi connectivity index (χ4n) is 4.05. The third-order valence-electron chi connectivity index (χ3n) is 5.85. The molecule has 2 heterocycles. The number of nitrogens with one attached hydrogen (secondary N) is 3. The summed E-state index contributed by atoms with van der Waals surface area (Å²) in [6.45, 7) is 3.78. The Bertz CT molecular complexity index is 1090. The highest BCUT2D eigenvalue weighted by molar-refractivity contribution is 6.34. The molecule has 4 N–H and O–H groups in total. The van der Waals surface area contributed by atoms with E-state index in [1.165, 1.54) is 18.2 Å². The Balaban J connectivity index is 1.57. The minimum atomic E-state index is -0.422. The lowest BCUT2D eigenvalue weighted by Gasteiger charge is -2.06. The molecule has 7 nitrogen and oxygen atoms in total. The van der Waals surface area contributed by atoms with Crippen LogP contribution < -0.4 is 10.6 Å². The number of ketones is 1. The van der Waals surface area contributed by atoms with Crippen molar-refractivity contribution in [1.82, 2.24) is 10.3 Å². The molecule has 1 aromatic carbocycles. The number of halogens is 1. The van der Waals surface area contributed by atoms with Gasteiger partial charge in [0.05, 0.1) is 11.1 Å². The van der Waals surface area contributed by atoms with Crippen molar-refractivity contribution in [3.63, 3.8) is 0 Å². The summed E-state index contributed by atoms with van der Waals surface area (Å²) in [7, 11) is 0. The summed E-state index contributed by atoms with van der Waals surface area (Å²) in [4.78, 5) is 39.3. The van der Waals surface area contributed by atoms with Crippen molar-refractivity contribution in [2.24, 2.45) is 0 Å². The molecule has 3 rings (SSSR count). The zero-order valence-corrected chi connectivity index (χ0v) is 19.0. The average molecular weight is 456 g/mol. The SMILES string of the molecule is Cc1[nH]c(/C=C2\C(=O)Nc3ccc(F)cc32)c(C)c1C(=O)NCCCCCCCC(=O)CO. The van der Waals surface area contributed by atoms with Crippen LogP contribution in [0.1, 0.15) is 71.4 Å². The molecule has 0 unspecified atom stereocenters. The van der Waals surface area contributed by atoms with E-state index in [-0.39, 0.29) is 24.2 Å². The maximum absolute atomic E-state index is 13.7. The zero-order chi connectivity index (χ0) is 24.0. The normalized spacial score (nSPS) is 13.8. The van der Waals surface area contributed by atoms with Crippen molar-refractivity contribution in [2.45, 2.75) is 52.4 Å². The van der Waals surface area contributed by atoms with Crippen molar-refractivity contribution < 1.29 is 23.9 Å².